The van der Waals surface area contributed by atoms with E-state index >= 15 is 0 Å². The Bertz CT molecular complexity index is 1060. The summed E-state index contributed by atoms with van der Waals surface area (Å²) in [4.78, 5) is 7.04. The number of para-hydroxylation sites is 1. The van der Waals surface area contributed by atoms with E-state index in [-0.39, 0.29) is 0 Å². The molecule has 1 aliphatic heterocycles. The van der Waals surface area contributed by atoms with Gasteiger partial charge in [0.05, 0.1) is 18.0 Å². The van der Waals surface area contributed by atoms with E-state index in [0.29, 0.717) is 6.73 Å². The van der Waals surface area contributed by atoms with Crippen molar-refractivity contribution in [3.05, 3.63) is 83.2 Å². The van der Waals surface area contributed by atoms with Gasteiger partial charge in [-0.1, -0.05) is 36.4 Å². The summed E-state index contributed by atoms with van der Waals surface area (Å²) in [5.74, 6) is 0.822. The van der Waals surface area contributed by atoms with Crippen molar-refractivity contribution in [3.8, 4) is 5.75 Å². The standard InChI is InChI=1S/C24H26N4O/c1-18-15-19(2)28(26-18)17-29-21-8-6-7-20(16-21)11-12-23-22-9-4-5-10-24(22)27(3)14-13-25-23/h4-12,15-16H,13-14,17H2,1-3H3. The van der Waals surface area contributed by atoms with Gasteiger partial charge in [0.25, 0.3) is 0 Å². The molecule has 3 aromatic rings. The Morgan fingerprint density at radius 1 is 1.03 bits per heavy atom. The Labute approximate surface area is 172 Å². The van der Waals surface area contributed by atoms with Gasteiger partial charge in [-0.3, -0.25) is 4.99 Å². The summed E-state index contributed by atoms with van der Waals surface area (Å²) < 4.78 is 7.81. The molecule has 0 aliphatic carbocycles. The van der Waals surface area contributed by atoms with Crippen molar-refractivity contribution in [2.45, 2.75) is 20.6 Å². The fourth-order valence-corrected chi connectivity index (χ4v) is 3.52. The van der Waals surface area contributed by atoms with Crippen LogP contribution in [0.15, 0.2) is 65.7 Å². The Morgan fingerprint density at radius 3 is 2.72 bits per heavy atom. The molecule has 2 heterocycles. The fraction of sp³-hybridized carbons (Fsp3) is 0.250. The predicted molar refractivity (Wildman–Crippen MR) is 119 cm³/mol. The minimum Gasteiger partial charge on any atom is -0.471 e. The maximum absolute atomic E-state index is 5.94. The van der Waals surface area contributed by atoms with Gasteiger partial charge in [-0.15, -0.1) is 0 Å². The molecule has 0 radical (unpaired) electrons. The van der Waals surface area contributed by atoms with Gasteiger partial charge in [0, 0.05) is 30.5 Å². The van der Waals surface area contributed by atoms with E-state index < -0.39 is 0 Å². The third-order valence-corrected chi connectivity index (χ3v) is 5.06. The quantitative estimate of drug-likeness (QED) is 0.649. The number of hydrogen-bond donors (Lipinski definition) is 0. The first-order valence-corrected chi connectivity index (χ1v) is 9.87. The molecule has 5 heteroatoms. The van der Waals surface area contributed by atoms with Gasteiger partial charge in [-0.2, -0.15) is 5.10 Å². The van der Waals surface area contributed by atoms with Gasteiger partial charge in [0.1, 0.15) is 5.75 Å². The van der Waals surface area contributed by atoms with Gasteiger partial charge < -0.3 is 9.64 Å². The normalized spacial score (nSPS) is 13.9. The number of aromatic nitrogens is 2. The van der Waals surface area contributed by atoms with Crippen LogP contribution in [0.4, 0.5) is 5.69 Å². The molecule has 0 saturated carbocycles. The Balaban J connectivity index is 1.50. The molecule has 148 valence electrons. The monoisotopic (exact) mass is 386 g/mol. The van der Waals surface area contributed by atoms with E-state index in [1.54, 1.807) is 0 Å². The number of aryl methyl sites for hydroxylation is 2. The number of ether oxygens (including phenoxy) is 1. The first-order chi connectivity index (χ1) is 14.1. The second kappa shape index (κ2) is 8.35. The summed E-state index contributed by atoms with van der Waals surface area (Å²) in [6, 6.07) is 18.6. The van der Waals surface area contributed by atoms with E-state index in [1.807, 2.05) is 42.8 Å². The lowest BCUT2D eigenvalue weighted by Gasteiger charge is -2.18. The second-order valence-electron chi connectivity index (χ2n) is 7.31. The molecule has 1 aromatic heterocycles. The van der Waals surface area contributed by atoms with Crippen LogP contribution in [0.3, 0.4) is 0 Å². The number of rotatable bonds is 5. The first kappa shape index (κ1) is 19.0. The highest BCUT2D eigenvalue weighted by molar-refractivity contribution is 6.14. The predicted octanol–water partition coefficient (Wildman–Crippen LogP) is 4.49. The van der Waals surface area contributed by atoms with Gasteiger partial charge >= 0.3 is 0 Å². The van der Waals surface area contributed by atoms with Crippen molar-refractivity contribution in [3.63, 3.8) is 0 Å². The van der Waals surface area contributed by atoms with Crippen molar-refractivity contribution in [2.75, 3.05) is 25.0 Å². The molecular weight excluding hydrogens is 360 g/mol. The summed E-state index contributed by atoms with van der Waals surface area (Å²) >= 11 is 0. The molecule has 0 N–H and O–H groups in total. The maximum Gasteiger partial charge on any atom is 0.181 e. The Hall–Kier alpha value is -3.34. The Morgan fingerprint density at radius 2 is 1.90 bits per heavy atom. The summed E-state index contributed by atoms with van der Waals surface area (Å²) in [5, 5.41) is 4.44. The van der Waals surface area contributed by atoms with Gasteiger partial charge in [0.2, 0.25) is 0 Å². The smallest absolute Gasteiger partial charge is 0.181 e. The summed E-state index contributed by atoms with van der Waals surface area (Å²) in [6.07, 6.45) is 4.19. The molecule has 4 rings (SSSR count). The number of allylic oxidation sites excluding steroid dienone is 1. The Kier molecular flexibility index (Phi) is 5.47. The highest BCUT2D eigenvalue weighted by atomic mass is 16.5. The van der Waals surface area contributed by atoms with Crippen LogP contribution in [0.1, 0.15) is 22.5 Å². The molecule has 0 fully saturated rings. The lowest BCUT2D eigenvalue weighted by atomic mass is 10.1. The third-order valence-electron chi connectivity index (χ3n) is 5.06. The SMILES string of the molecule is Cc1cc(C)n(COc2cccc(C=CC3=NCCN(C)c4ccccc43)c2)n1. The fourth-order valence-electron chi connectivity index (χ4n) is 3.52. The maximum atomic E-state index is 5.94. The van der Waals surface area contributed by atoms with Crippen LogP contribution < -0.4 is 9.64 Å². The summed E-state index contributed by atoms with van der Waals surface area (Å²) in [6.45, 7) is 6.13. The molecule has 0 amide bonds. The van der Waals surface area contributed by atoms with E-state index in [1.165, 1.54) is 11.3 Å². The van der Waals surface area contributed by atoms with Crippen molar-refractivity contribution in [1.82, 2.24) is 9.78 Å². The average molecular weight is 386 g/mol. The number of hydrogen-bond acceptors (Lipinski definition) is 4. The number of likely N-dealkylation sites (N-methyl/N-ethyl adjacent to an activating group) is 1. The van der Waals surface area contributed by atoms with Crippen LogP contribution >= 0.6 is 0 Å². The number of fused-ring (bicyclic) bond motifs is 1. The van der Waals surface area contributed by atoms with E-state index in [4.69, 9.17) is 9.73 Å². The van der Waals surface area contributed by atoms with E-state index in [0.717, 1.165) is 41.5 Å². The topological polar surface area (TPSA) is 42.6 Å². The van der Waals surface area contributed by atoms with Gasteiger partial charge in [-0.05, 0) is 49.8 Å². The zero-order valence-corrected chi connectivity index (χ0v) is 17.2. The molecule has 5 nitrogen and oxygen atoms in total. The zero-order valence-electron chi connectivity index (χ0n) is 17.2. The third kappa shape index (κ3) is 4.40. The van der Waals surface area contributed by atoms with Gasteiger partial charge in [-0.25, -0.2) is 4.68 Å². The average Bonchev–Trinajstić information content (AvgIpc) is 2.96. The van der Waals surface area contributed by atoms with Crippen LogP contribution in [0.25, 0.3) is 6.08 Å². The lowest BCUT2D eigenvalue weighted by molar-refractivity contribution is 0.218. The number of nitrogens with zero attached hydrogens (tertiary/aromatic N) is 4. The lowest BCUT2D eigenvalue weighted by Crippen LogP contribution is -2.20. The number of anilines is 1. The van der Waals surface area contributed by atoms with Crippen LogP contribution in [0.2, 0.25) is 0 Å². The molecular formula is C24H26N4O. The number of benzene rings is 2. The molecule has 2 aromatic carbocycles. The molecule has 0 atom stereocenters. The zero-order chi connectivity index (χ0) is 20.2. The molecule has 0 bridgehead atoms. The first-order valence-electron chi connectivity index (χ1n) is 9.87. The molecule has 0 spiro atoms. The minimum atomic E-state index is 0.402. The molecule has 29 heavy (non-hydrogen) atoms. The molecule has 0 unspecified atom stereocenters. The van der Waals surface area contributed by atoms with Crippen LogP contribution in [-0.4, -0.2) is 35.6 Å². The highest BCUT2D eigenvalue weighted by Gasteiger charge is 2.13. The number of benzodiazepines with no additional fused rings is 1. The van der Waals surface area contributed by atoms with E-state index in [2.05, 4.69) is 59.5 Å². The summed E-state index contributed by atoms with van der Waals surface area (Å²) in [5.41, 5.74) is 6.56. The van der Waals surface area contributed by atoms with E-state index in [9.17, 15) is 0 Å². The minimum absolute atomic E-state index is 0.402. The second-order valence-corrected chi connectivity index (χ2v) is 7.31. The van der Waals surface area contributed by atoms with Crippen molar-refractivity contribution < 1.29 is 4.74 Å². The molecule has 0 saturated heterocycles. The van der Waals surface area contributed by atoms with Gasteiger partial charge in [0.15, 0.2) is 6.73 Å². The number of aliphatic imine (C=N–C) groups is 1. The van der Waals surface area contributed by atoms with Crippen LogP contribution in [-0.2, 0) is 6.73 Å². The highest BCUT2D eigenvalue weighted by Crippen LogP contribution is 2.23. The molecule has 1 aliphatic rings. The largest absolute Gasteiger partial charge is 0.471 e. The van der Waals surface area contributed by atoms with Crippen LogP contribution in [0, 0.1) is 13.8 Å². The van der Waals surface area contributed by atoms with Crippen molar-refractivity contribution in [2.24, 2.45) is 4.99 Å². The van der Waals surface area contributed by atoms with Crippen molar-refractivity contribution in [1.29, 1.82) is 0 Å². The van der Waals surface area contributed by atoms with Crippen molar-refractivity contribution >= 4 is 17.5 Å². The van der Waals surface area contributed by atoms with Crippen LogP contribution in [0.5, 0.6) is 5.75 Å². The summed E-state index contributed by atoms with van der Waals surface area (Å²) in [7, 11) is 2.12.